The van der Waals surface area contributed by atoms with Gasteiger partial charge in [-0.25, -0.2) is 0 Å². The Bertz CT molecular complexity index is 506. The first-order valence-electron chi connectivity index (χ1n) is 5.25. The Balaban J connectivity index is 2.34. The van der Waals surface area contributed by atoms with E-state index in [1.165, 1.54) is 11.1 Å². The van der Waals surface area contributed by atoms with Crippen LogP contribution in [0.25, 0.3) is 0 Å². The van der Waals surface area contributed by atoms with Gasteiger partial charge in [-0.05, 0) is 43.2 Å². The minimum Gasteiger partial charge on any atom is -0.355 e. The van der Waals surface area contributed by atoms with E-state index in [1.54, 1.807) is 0 Å². The van der Waals surface area contributed by atoms with E-state index in [0.717, 1.165) is 16.4 Å². The molecule has 2 rings (SSSR count). The smallest absolute Gasteiger partial charge is 0.0428 e. The number of rotatable bonds is 2. The van der Waals surface area contributed by atoms with Gasteiger partial charge in [-0.2, -0.15) is 0 Å². The van der Waals surface area contributed by atoms with Crippen LogP contribution in [0.4, 0.5) is 11.4 Å². The van der Waals surface area contributed by atoms with Crippen molar-refractivity contribution in [2.24, 2.45) is 0 Å². The first-order chi connectivity index (χ1) is 7.66. The minimum atomic E-state index is 0.752. The molecule has 0 amide bonds. The lowest BCUT2D eigenvalue weighted by atomic mass is 10.1. The van der Waals surface area contributed by atoms with E-state index in [0.29, 0.717) is 0 Å². The van der Waals surface area contributed by atoms with Gasteiger partial charge in [0, 0.05) is 16.4 Å². The number of nitrogens with one attached hydrogen (secondary N) is 1. The summed E-state index contributed by atoms with van der Waals surface area (Å²) >= 11 is 5.98. The van der Waals surface area contributed by atoms with Gasteiger partial charge in [0.1, 0.15) is 0 Å². The maximum atomic E-state index is 5.98. The van der Waals surface area contributed by atoms with E-state index in [4.69, 9.17) is 11.6 Å². The molecule has 0 saturated heterocycles. The van der Waals surface area contributed by atoms with Crippen LogP contribution in [0, 0.1) is 13.8 Å². The predicted octanol–water partition coefficient (Wildman–Crippen LogP) is 4.70. The number of anilines is 2. The van der Waals surface area contributed by atoms with Gasteiger partial charge in [-0.15, -0.1) is 0 Å². The molecule has 82 valence electrons. The summed E-state index contributed by atoms with van der Waals surface area (Å²) < 4.78 is 0. The average Bonchev–Trinajstić information content (AvgIpc) is 2.27. The van der Waals surface area contributed by atoms with Crippen molar-refractivity contribution in [2.45, 2.75) is 13.8 Å². The highest BCUT2D eigenvalue weighted by Crippen LogP contribution is 2.25. The maximum Gasteiger partial charge on any atom is 0.0428 e. The summed E-state index contributed by atoms with van der Waals surface area (Å²) in [6.45, 7) is 4.15. The fourth-order valence-corrected chi connectivity index (χ4v) is 1.76. The third-order valence-electron chi connectivity index (χ3n) is 2.61. The van der Waals surface area contributed by atoms with Crippen LogP contribution in [0.15, 0.2) is 42.5 Å². The SMILES string of the molecule is Cc1ccccc1Nc1cc(Cl)ccc1C. The number of aryl methyl sites for hydroxylation is 2. The summed E-state index contributed by atoms with van der Waals surface area (Å²) in [7, 11) is 0. The molecular weight excluding hydrogens is 218 g/mol. The van der Waals surface area contributed by atoms with Crippen molar-refractivity contribution in [2.75, 3.05) is 5.32 Å². The number of halogens is 1. The van der Waals surface area contributed by atoms with Crippen LogP contribution in [0.2, 0.25) is 5.02 Å². The molecule has 0 saturated carbocycles. The van der Waals surface area contributed by atoms with Crippen molar-refractivity contribution in [3.05, 3.63) is 58.6 Å². The molecule has 0 spiro atoms. The van der Waals surface area contributed by atoms with Crippen LogP contribution in [-0.2, 0) is 0 Å². The fourth-order valence-electron chi connectivity index (χ4n) is 1.59. The highest BCUT2D eigenvalue weighted by molar-refractivity contribution is 6.30. The second-order valence-electron chi connectivity index (χ2n) is 3.90. The largest absolute Gasteiger partial charge is 0.355 e. The highest BCUT2D eigenvalue weighted by Gasteiger charge is 2.01. The molecule has 1 nitrogen and oxygen atoms in total. The number of benzene rings is 2. The molecule has 0 aliphatic rings. The Kier molecular flexibility index (Phi) is 3.16. The number of hydrogen-bond donors (Lipinski definition) is 1. The second kappa shape index (κ2) is 4.58. The monoisotopic (exact) mass is 231 g/mol. The first kappa shape index (κ1) is 11.0. The van der Waals surface area contributed by atoms with E-state index >= 15 is 0 Å². The number of para-hydroxylation sites is 1. The zero-order valence-corrected chi connectivity index (χ0v) is 10.2. The van der Waals surface area contributed by atoms with Crippen molar-refractivity contribution in [3.8, 4) is 0 Å². The van der Waals surface area contributed by atoms with Crippen LogP contribution < -0.4 is 5.32 Å². The summed E-state index contributed by atoms with van der Waals surface area (Å²) in [5, 5.41) is 4.15. The Labute approximate surface area is 101 Å². The fraction of sp³-hybridized carbons (Fsp3) is 0.143. The Hall–Kier alpha value is -1.47. The van der Waals surface area contributed by atoms with Gasteiger partial charge in [-0.1, -0.05) is 35.9 Å². The predicted molar refractivity (Wildman–Crippen MR) is 70.7 cm³/mol. The van der Waals surface area contributed by atoms with Gasteiger partial charge < -0.3 is 5.32 Å². The highest BCUT2D eigenvalue weighted by atomic mass is 35.5. The van der Waals surface area contributed by atoms with Crippen LogP contribution in [0.5, 0.6) is 0 Å². The molecule has 0 unspecified atom stereocenters. The Morgan fingerprint density at radius 2 is 1.56 bits per heavy atom. The van der Waals surface area contributed by atoms with E-state index in [1.807, 2.05) is 30.3 Å². The summed E-state index contributed by atoms with van der Waals surface area (Å²) in [6, 6.07) is 14.1. The zero-order valence-electron chi connectivity index (χ0n) is 9.42. The van der Waals surface area contributed by atoms with Crippen molar-refractivity contribution < 1.29 is 0 Å². The van der Waals surface area contributed by atoms with Crippen LogP contribution in [0.1, 0.15) is 11.1 Å². The lowest BCUT2D eigenvalue weighted by Crippen LogP contribution is -1.94. The normalized spacial score (nSPS) is 10.2. The summed E-state index contributed by atoms with van der Waals surface area (Å²) in [6.07, 6.45) is 0. The van der Waals surface area contributed by atoms with Crippen LogP contribution >= 0.6 is 11.6 Å². The van der Waals surface area contributed by atoms with Gasteiger partial charge >= 0.3 is 0 Å². The first-order valence-corrected chi connectivity index (χ1v) is 5.63. The van der Waals surface area contributed by atoms with Crippen LogP contribution in [-0.4, -0.2) is 0 Å². The molecule has 1 N–H and O–H groups in total. The topological polar surface area (TPSA) is 12.0 Å². The van der Waals surface area contributed by atoms with Crippen molar-refractivity contribution >= 4 is 23.0 Å². The maximum absolute atomic E-state index is 5.98. The van der Waals surface area contributed by atoms with E-state index in [9.17, 15) is 0 Å². The van der Waals surface area contributed by atoms with Gasteiger partial charge in [-0.3, -0.25) is 0 Å². The molecule has 16 heavy (non-hydrogen) atoms. The van der Waals surface area contributed by atoms with E-state index in [-0.39, 0.29) is 0 Å². The molecule has 0 fully saturated rings. The molecular formula is C14H14ClN. The van der Waals surface area contributed by atoms with Gasteiger partial charge in [0.05, 0.1) is 0 Å². The molecule has 2 heteroatoms. The summed E-state index contributed by atoms with van der Waals surface area (Å²) in [5.74, 6) is 0. The lowest BCUT2D eigenvalue weighted by Gasteiger charge is -2.12. The van der Waals surface area contributed by atoms with Crippen molar-refractivity contribution in [1.82, 2.24) is 0 Å². The Morgan fingerprint density at radius 3 is 2.31 bits per heavy atom. The lowest BCUT2D eigenvalue weighted by molar-refractivity contribution is 1.39. The minimum absolute atomic E-state index is 0.752. The molecule has 0 radical (unpaired) electrons. The average molecular weight is 232 g/mol. The molecule has 0 atom stereocenters. The van der Waals surface area contributed by atoms with Gasteiger partial charge in [0.15, 0.2) is 0 Å². The molecule has 0 aliphatic heterocycles. The molecule has 0 heterocycles. The number of hydrogen-bond acceptors (Lipinski definition) is 1. The third-order valence-corrected chi connectivity index (χ3v) is 2.85. The zero-order chi connectivity index (χ0) is 11.5. The standard InChI is InChI=1S/C14H14ClN/c1-10-5-3-4-6-13(10)16-14-9-12(15)8-7-11(14)2/h3-9,16H,1-2H3. The van der Waals surface area contributed by atoms with Gasteiger partial charge in [0.25, 0.3) is 0 Å². The molecule has 2 aromatic rings. The molecule has 0 aromatic heterocycles. The van der Waals surface area contributed by atoms with Crippen molar-refractivity contribution in [3.63, 3.8) is 0 Å². The Morgan fingerprint density at radius 1 is 0.875 bits per heavy atom. The third kappa shape index (κ3) is 2.37. The van der Waals surface area contributed by atoms with Crippen LogP contribution in [0.3, 0.4) is 0 Å². The summed E-state index contributed by atoms with van der Waals surface area (Å²) in [4.78, 5) is 0. The molecule has 0 bridgehead atoms. The molecule has 2 aromatic carbocycles. The second-order valence-corrected chi connectivity index (χ2v) is 4.34. The summed E-state index contributed by atoms with van der Waals surface area (Å²) in [5.41, 5.74) is 4.59. The molecule has 0 aliphatic carbocycles. The van der Waals surface area contributed by atoms with E-state index < -0.39 is 0 Å². The quantitative estimate of drug-likeness (QED) is 0.790. The van der Waals surface area contributed by atoms with E-state index in [2.05, 4.69) is 31.3 Å². The van der Waals surface area contributed by atoms with Gasteiger partial charge in [0.2, 0.25) is 0 Å². The van der Waals surface area contributed by atoms with Crippen molar-refractivity contribution in [1.29, 1.82) is 0 Å².